The first-order chi connectivity index (χ1) is 12.9. The van der Waals surface area contributed by atoms with Crippen LogP contribution in [-0.2, 0) is 16.4 Å². The van der Waals surface area contributed by atoms with Crippen molar-refractivity contribution < 1.29 is 8.42 Å². The third-order valence-corrected chi connectivity index (χ3v) is 7.25. The number of aryl methyl sites for hydroxylation is 4. The number of nitrogens with zero attached hydrogens (tertiary/aromatic N) is 2. The van der Waals surface area contributed by atoms with Gasteiger partial charge in [0, 0.05) is 31.9 Å². The number of sulfonamides is 1. The molecule has 146 valence electrons. The van der Waals surface area contributed by atoms with Crippen molar-refractivity contribution in [3.63, 3.8) is 0 Å². The summed E-state index contributed by atoms with van der Waals surface area (Å²) in [7, 11) is -3.18. The van der Waals surface area contributed by atoms with Crippen LogP contribution < -0.4 is 4.90 Å². The number of rotatable bonds is 6. The molecule has 0 unspecified atom stereocenters. The molecule has 0 radical (unpaired) electrons. The maximum Gasteiger partial charge on any atom is 0.214 e. The van der Waals surface area contributed by atoms with Crippen LogP contribution in [-0.4, -0.2) is 44.7 Å². The molecular formula is C22H30N2O2S. The van der Waals surface area contributed by atoms with Gasteiger partial charge in [0.1, 0.15) is 0 Å². The van der Waals surface area contributed by atoms with Crippen LogP contribution in [0.15, 0.2) is 42.5 Å². The minimum absolute atomic E-state index is 0.227. The Kier molecular flexibility index (Phi) is 6.22. The van der Waals surface area contributed by atoms with Gasteiger partial charge in [-0.3, -0.25) is 0 Å². The molecule has 2 aromatic rings. The van der Waals surface area contributed by atoms with Crippen molar-refractivity contribution in [1.29, 1.82) is 0 Å². The Morgan fingerprint density at radius 1 is 0.889 bits per heavy atom. The molecule has 0 aromatic heterocycles. The number of hydrogen-bond donors (Lipinski definition) is 0. The van der Waals surface area contributed by atoms with E-state index in [9.17, 15) is 8.42 Å². The van der Waals surface area contributed by atoms with E-state index in [0.717, 1.165) is 19.5 Å². The van der Waals surface area contributed by atoms with Crippen LogP contribution in [0.4, 0.5) is 5.69 Å². The monoisotopic (exact) mass is 386 g/mol. The zero-order chi connectivity index (χ0) is 19.4. The number of piperazine rings is 1. The Balaban J connectivity index is 1.56. The molecular weight excluding hydrogens is 356 g/mol. The maximum absolute atomic E-state index is 12.7. The summed E-state index contributed by atoms with van der Waals surface area (Å²) >= 11 is 0. The van der Waals surface area contributed by atoms with Crippen molar-refractivity contribution in [2.24, 2.45) is 0 Å². The lowest BCUT2D eigenvalue weighted by molar-refractivity contribution is 0.384. The Hall–Kier alpha value is -1.85. The highest BCUT2D eigenvalue weighted by molar-refractivity contribution is 7.89. The van der Waals surface area contributed by atoms with E-state index < -0.39 is 10.0 Å². The third kappa shape index (κ3) is 4.90. The summed E-state index contributed by atoms with van der Waals surface area (Å²) in [6.07, 6.45) is 1.48. The largest absolute Gasteiger partial charge is 0.368 e. The summed E-state index contributed by atoms with van der Waals surface area (Å²) in [5, 5.41) is 0. The quantitative estimate of drug-likeness (QED) is 0.760. The van der Waals surface area contributed by atoms with Gasteiger partial charge in [-0.25, -0.2) is 8.42 Å². The summed E-state index contributed by atoms with van der Waals surface area (Å²) in [6.45, 7) is 9.04. The van der Waals surface area contributed by atoms with E-state index in [-0.39, 0.29) is 5.75 Å². The Labute approximate surface area is 163 Å². The molecule has 0 spiro atoms. The van der Waals surface area contributed by atoms with Crippen molar-refractivity contribution in [2.75, 3.05) is 36.8 Å². The third-order valence-electron chi connectivity index (χ3n) is 5.29. The standard InChI is InChI=1S/C22H30N2O2S/c1-18-16-19(2)22(20(3)17-18)23-11-13-24(14-12-23)27(25,26)15-7-10-21-8-5-4-6-9-21/h4-6,8-9,16-17H,7,10-15H2,1-3H3. The Morgan fingerprint density at radius 3 is 2.07 bits per heavy atom. The van der Waals surface area contributed by atoms with Crippen molar-refractivity contribution in [2.45, 2.75) is 33.6 Å². The molecule has 0 aliphatic carbocycles. The summed E-state index contributed by atoms with van der Waals surface area (Å²) in [5.41, 5.74) is 6.27. The van der Waals surface area contributed by atoms with Gasteiger partial charge in [0.25, 0.3) is 0 Å². The smallest absolute Gasteiger partial charge is 0.214 e. The second-order valence-electron chi connectivity index (χ2n) is 7.54. The number of benzene rings is 2. The van der Waals surface area contributed by atoms with Crippen LogP contribution in [0.5, 0.6) is 0 Å². The minimum atomic E-state index is -3.18. The number of hydrogen-bond acceptors (Lipinski definition) is 3. The van der Waals surface area contributed by atoms with Crippen LogP contribution in [0.3, 0.4) is 0 Å². The highest BCUT2D eigenvalue weighted by Crippen LogP contribution is 2.27. The predicted molar refractivity (Wildman–Crippen MR) is 113 cm³/mol. The second kappa shape index (κ2) is 8.44. The SMILES string of the molecule is Cc1cc(C)c(N2CCN(S(=O)(=O)CCCc3ccccc3)CC2)c(C)c1. The average molecular weight is 387 g/mol. The molecule has 1 fully saturated rings. The van der Waals surface area contributed by atoms with Crippen LogP contribution in [0.1, 0.15) is 28.7 Å². The lowest BCUT2D eigenvalue weighted by Crippen LogP contribution is -2.49. The Morgan fingerprint density at radius 2 is 1.48 bits per heavy atom. The molecule has 1 aliphatic heterocycles. The fraction of sp³-hybridized carbons (Fsp3) is 0.455. The molecule has 27 heavy (non-hydrogen) atoms. The molecule has 2 aromatic carbocycles. The molecule has 1 saturated heterocycles. The zero-order valence-corrected chi connectivity index (χ0v) is 17.4. The summed E-state index contributed by atoms with van der Waals surface area (Å²) in [5.74, 6) is 0.227. The summed E-state index contributed by atoms with van der Waals surface area (Å²) < 4.78 is 27.1. The van der Waals surface area contributed by atoms with Gasteiger partial charge in [0.15, 0.2) is 0 Å². The van der Waals surface area contributed by atoms with Crippen molar-refractivity contribution in [1.82, 2.24) is 4.31 Å². The van der Waals surface area contributed by atoms with Gasteiger partial charge >= 0.3 is 0 Å². The average Bonchev–Trinajstić information content (AvgIpc) is 2.62. The molecule has 0 amide bonds. The molecule has 4 nitrogen and oxygen atoms in total. The van der Waals surface area contributed by atoms with Crippen molar-refractivity contribution >= 4 is 15.7 Å². The first-order valence-corrected chi connectivity index (χ1v) is 11.3. The highest BCUT2D eigenvalue weighted by atomic mass is 32.2. The lowest BCUT2D eigenvalue weighted by Gasteiger charge is -2.37. The van der Waals surface area contributed by atoms with E-state index >= 15 is 0 Å². The van der Waals surface area contributed by atoms with Gasteiger partial charge in [-0.15, -0.1) is 0 Å². The minimum Gasteiger partial charge on any atom is -0.368 e. The summed E-state index contributed by atoms with van der Waals surface area (Å²) in [4.78, 5) is 2.33. The Bertz CT molecular complexity index is 847. The van der Waals surface area contributed by atoms with Crippen molar-refractivity contribution in [3.8, 4) is 0 Å². The van der Waals surface area contributed by atoms with E-state index in [2.05, 4.69) is 49.9 Å². The van der Waals surface area contributed by atoms with Crippen LogP contribution >= 0.6 is 0 Å². The van der Waals surface area contributed by atoms with Gasteiger partial charge < -0.3 is 4.90 Å². The molecule has 1 heterocycles. The molecule has 1 aliphatic rings. The topological polar surface area (TPSA) is 40.6 Å². The molecule has 3 rings (SSSR count). The fourth-order valence-corrected chi connectivity index (χ4v) is 5.58. The molecule has 0 bridgehead atoms. The van der Waals surface area contributed by atoms with E-state index in [1.165, 1.54) is 27.9 Å². The van der Waals surface area contributed by atoms with E-state index in [1.807, 2.05) is 18.2 Å². The van der Waals surface area contributed by atoms with Crippen LogP contribution in [0.2, 0.25) is 0 Å². The summed E-state index contributed by atoms with van der Waals surface area (Å²) in [6, 6.07) is 14.5. The second-order valence-corrected chi connectivity index (χ2v) is 9.63. The van der Waals surface area contributed by atoms with Gasteiger partial charge in [-0.05, 0) is 50.3 Å². The van der Waals surface area contributed by atoms with Gasteiger partial charge in [-0.1, -0.05) is 48.0 Å². The normalized spacial score (nSPS) is 15.9. The van der Waals surface area contributed by atoms with Gasteiger partial charge in [0.2, 0.25) is 10.0 Å². The fourth-order valence-electron chi connectivity index (χ4n) is 4.09. The van der Waals surface area contributed by atoms with Crippen LogP contribution in [0.25, 0.3) is 0 Å². The van der Waals surface area contributed by atoms with E-state index in [1.54, 1.807) is 4.31 Å². The van der Waals surface area contributed by atoms with Gasteiger partial charge in [0.05, 0.1) is 5.75 Å². The lowest BCUT2D eigenvalue weighted by atomic mass is 10.0. The first-order valence-electron chi connectivity index (χ1n) is 9.71. The highest BCUT2D eigenvalue weighted by Gasteiger charge is 2.27. The zero-order valence-electron chi connectivity index (χ0n) is 16.6. The van der Waals surface area contributed by atoms with E-state index in [0.29, 0.717) is 19.5 Å². The number of anilines is 1. The molecule has 0 N–H and O–H groups in total. The van der Waals surface area contributed by atoms with Crippen LogP contribution in [0, 0.1) is 20.8 Å². The molecule has 5 heteroatoms. The molecule has 0 saturated carbocycles. The van der Waals surface area contributed by atoms with E-state index in [4.69, 9.17) is 0 Å². The first kappa shape index (κ1) is 19.9. The molecule has 0 atom stereocenters. The van der Waals surface area contributed by atoms with Crippen molar-refractivity contribution in [3.05, 3.63) is 64.7 Å². The maximum atomic E-state index is 12.7. The van der Waals surface area contributed by atoms with Gasteiger partial charge in [-0.2, -0.15) is 4.31 Å². The predicted octanol–water partition coefficient (Wildman–Crippen LogP) is 3.70.